The first-order valence-electron chi connectivity index (χ1n) is 14.6. The Morgan fingerprint density at radius 2 is 0.959 bits per heavy atom. The molecule has 49 heavy (non-hydrogen) atoms. The zero-order valence-electron chi connectivity index (χ0n) is 25.6. The van der Waals surface area contributed by atoms with Gasteiger partial charge in [0, 0.05) is 0 Å². The van der Waals surface area contributed by atoms with Gasteiger partial charge in [-0.15, -0.1) is 24.8 Å². The van der Waals surface area contributed by atoms with Gasteiger partial charge in [-0.2, -0.15) is 0 Å². The Bertz CT molecular complexity index is 1830. The molecule has 0 nitrogen and oxygen atoms in total. The summed E-state index contributed by atoms with van der Waals surface area (Å²) >= 11 is -4.83. The normalized spacial score (nSPS) is 13.9. The van der Waals surface area contributed by atoms with E-state index < -0.39 is 106 Å². The number of hydrogen-bond acceptors (Lipinski definition) is 0. The van der Waals surface area contributed by atoms with E-state index in [0.717, 1.165) is 0 Å². The Morgan fingerprint density at radius 3 is 1.31 bits per heavy atom. The second kappa shape index (κ2) is 15.1. The van der Waals surface area contributed by atoms with Crippen molar-refractivity contribution in [3.05, 3.63) is 139 Å². The quantitative estimate of drug-likeness (QED) is 0.0546. The van der Waals surface area contributed by atoms with E-state index in [9.17, 15) is 8.78 Å². The van der Waals surface area contributed by atoms with Crippen molar-refractivity contribution < 1.29 is 65.4 Å². The fraction of sp³-hybridized carbons (Fsp3) is 0.176. The summed E-state index contributed by atoms with van der Waals surface area (Å²) in [6.45, 7) is 3.74. The third-order valence-electron chi connectivity index (χ3n) is 9.02. The molecule has 0 spiro atoms. The SMILES string of the molecule is CCP(CC)[C]1([Zr]([B](c2c(F)c(F)c(F)c(F)c2F)c2c(F)c(F)c(F)c(F)c2F)[C]2=CC=CC2)c2ccccc2-c2ccccc21.Cl.Cl. The van der Waals surface area contributed by atoms with E-state index in [1.54, 1.807) is 54.6 Å². The van der Waals surface area contributed by atoms with Crippen LogP contribution in [-0.2, 0) is 24.4 Å². The first-order valence-corrected chi connectivity index (χ1v) is 20.2. The molecule has 4 aromatic rings. The molecule has 2 aliphatic rings. The van der Waals surface area contributed by atoms with Crippen molar-refractivity contribution in [2.45, 2.75) is 23.1 Å². The molecule has 0 unspecified atom stereocenters. The smallest absolute Gasteiger partial charge is 0.147 e. The van der Waals surface area contributed by atoms with Gasteiger partial charge in [0.05, 0.1) is 0 Å². The van der Waals surface area contributed by atoms with E-state index in [2.05, 4.69) is 0 Å². The topological polar surface area (TPSA) is 0 Å². The molecule has 0 atom stereocenters. The average molecular weight is 827 g/mol. The molecular formula is C34H25BCl2F10PZr. The third kappa shape index (κ3) is 5.77. The predicted octanol–water partition coefficient (Wildman–Crippen LogP) is 9.89. The van der Waals surface area contributed by atoms with Gasteiger partial charge in [-0.1, -0.05) is 0 Å². The van der Waals surface area contributed by atoms with Crippen molar-refractivity contribution in [1.29, 1.82) is 0 Å². The van der Waals surface area contributed by atoms with Gasteiger partial charge >= 0.3 is 274 Å². The summed E-state index contributed by atoms with van der Waals surface area (Å²) in [5.41, 5.74) is -0.524. The molecule has 6 rings (SSSR count). The van der Waals surface area contributed by atoms with E-state index in [1.807, 2.05) is 26.0 Å². The van der Waals surface area contributed by atoms with Crippen LogP contribution >= 0.6 is 32.7 Å². The van der Waals surface area contributed by atoms with Gasteiger partial charge in [-0.05, 0) is 0 Å². The minimum Gasteiger partial charge on any atom is -0.147 e. The summed E-state index contributed by atoms with van der Waals surface area (Å²) in [5.74, 6) is -24.1. The van der Waals surface area contributed by atoms with Crippen LogP contribution in [0.2, 0.25) is 0 Å². The van der Waals surface area contributed by atoms with Gasteiger partial charge in [-0.3, -0.25) is 0 Å². The number of hydrogen-bond donors (Lipinski definition) is 0. The number of allylic oxidation sites excluding steroid dienone is 4. The maximum atomic E-state index is 16.1. The van der Waals surface area contributed by atoms with Crippen LogP contribution in [-0.4, -0.2) is 16.6 Å². The summed E-state index contributed by atoms with van der Waals surface area (Å²) in [6.07, 6.45) is 5.87. The molecule has 0 fully saturated rings. The molecule has 0 amide bonds. The second-order valence-electron chi connectivity index (χ2n) is 11.1. The molecule has 0 saturated carbocycles. The molecule has 0 aromatic heterocycles. The van der Waals surface area contributed by atoms with Gasteiger partial charge in [0.25, 0.3) is 0 Å². The van der Waals surface area contributed by atoms with Gasteiger partial charge in [0.2, 0.25) is 0 Å². The standard InChI is InChI=1S/C17H18P.C12BF10.C5H5.2ClH.Zr/c1-3-18(4-2)17-15-11-7-5-9-13(15)14-10-6-8-12-16(14)17;14-3-1(4(15)8(19)11(22)7(3)18)13-2-5(16)9(20)12(23)10(21)6(2)17;1-2-4-5-3-1;;;/h5-12H,3-4H2,1-2H3;;1-3H,4H2;2*1H;/q;+1;;;;-1. The number of fused-ring (bicyclic) bond motifs is 3. The first kappa shape index (κ1) is 39.4. The van der Waals surface area contributed by atoms with Crippen LogP contribution in [0, 0.1) is 58.2 Å². The van der Waals surface area contributed by atoms with Crippen molar-refractivity contribution in [3.8, 4) is 11.1 Å². The molecule has 0 aliphatic heterocycles. The minimum absolute atomic E-state index is 0. The van der Waals surface area contributed by atoms with Crippen LogP contribution in [0.25, 0.3) is 11.1 Å². The first-order chi connectivity index (χ1) is 22.4. The summed E-state index contributed by atoms with van der Waals surface area (Å²) in [6, 6.07) is 14.1. The Labute approximate surface area is 297 Å². The molecule has 0 bridgehead atoms. The second-order valence-corrected chi connectivity index (χ2v) is 22.0. The largest absolute Gasteiger partial charge is 0.147 e. The van der Waals surface area contributed by atoms with Crippen LogP contribution in [0.5, 0.6) is 0 Å². The van der Waals surface area contributed by atoms with E-state index in [-0.39, 0.29) is 31.2 Å². The van der Waals surface area contributed by atoms with Crippen molar-refractivity contribution >= 4 is 47.9 Å². The maximum absolute atomic E-state index is 16.1. The van der Waals surface area contributed by atoms with Crippen molar-refractivity contribution in [3.63, 3.8) is 0 Å². The summed E-state index contributed by atoms with van der Waals surface area (Å²) in [4.78, 5) is 0. The molecule has 0 N–H and O–H groups in total. The van der Waals surface area contributed by atoms with Crippen molar-refractivity contribution in [2.24, 2.45) is 0 Å². The molecule has 4 aromatic carbocycles. The van der Waals surface area contributed by atoms with Crippen molar-refractivity contribution in [2.75, 3.05) is 12.3 Å². The molecule has 2 aliphatic carbocycles. The van der Waals surface area contributed by atoms with E-state index in [4.69, 9.17) is 0 Å². The van der Waals surface area contributed by atoms with Gasteiger partial charge in [0.15, 0.2) is 0 Å². The Hall–Kier alpha value is -2.38. The molecule has 257 valence electrons. The number of benzene rings is 4. The van der Waals surface area contributed by atoms with Crippen LogP contribution in [0.3, 0.4) is 0 Å². The summed E-state index contributed by atoms with van der Waals surface area (Å²) in [5, 5.41) is 0. The van der Waals surface area contributed by atoms with Crippen LogP contribution in [0.15, 0.2) is 70.0 Å². The van der Waals surface area contributed by atoms with Gasteiger partial charge in [-0.25, -0.2) is 0 Å². The Balaban J connectivity index is 0.00000270. The van der Waals surface area contributed by atoms with E-state index >= 15 is 35.1 Å². The number of halogens is 12. The van der Waals surface area contributed by atoms with Crippen LogP contribution in [0.1, 0.15) is 31.4 Å². The van der Waals surface area contributed by atoms with Crippen LogP contribution < -0.4 is 10.9 Å². The molecule has 15 heteroatoms. The molecule has 0 saturated heterocycles. The third-order valence-corrected chi connectivity index (χ3v) is 24.4. The Kier molecular flexibility index (Phi) is 12.1. The summed E-state index contributed by atoms with van der Waals surface area (Å²) < 4.78 is 150. The fourth-order valence-electron chi connectivity index (χ4n) is 7.17. The predicted molar refractivity (Wildman–Crippen MR) is 174 cm³/mol. The zero-order chi connectivity index (χ0) is 33.9. The van der Waals surface area contributed by atoms with E-state index in [1.165, 1.54) is 0 Å². The summed E-state index contributed by atoms with van der Waals surface area (Å²) in [7, 11) is -1.36. The maximum Gasteiger partial charge on any atom is -0.147 e. The molecular weight excluding hydrogens is 802 g/mol. The fourth-order valence-corrected chi connectivity index (χ4v) is 26.2. The molecule has 0 radical (unpaired) electrons. The van der Waals surface area contributed by atoms with Crippen LogP contribution in [0.4, 0.5) is 43.9 Å². The Morgan fingerprint density at radius 1 is 0.592 bits per heavy atom. The molecule has 0 heterocycles. The van der Waals surface area contributed by atoms with Crippen molar-refractivity contribution in [1.82, 2.24) is 0 Å². The monoisotopic (exact) mass is 825 g/mol. The average Bonchev–Trinajstić information content (AvgIpc) is 3.72. The van der Waals surface area contributed by atoms with E-state index in [0.29, 0.717) is 37.9 Å². The minimum atomic E-state index is -4.83. The zero-order valence-corrected chi connectivity index (χ0v) is 30.6. The number of rotatable bonds is 8. The van der Waals surface area contributed by atoms with Gasteiger partial charge in [0.1, 0.15) is 0 Å². The van der Waals surface area contributed by atoms with Gasteiger partial charge < -0.3 is 0 Å².